The lowest BCUT2D eigenvalue weighted by Crippen LogP contribution is -2.19. The maximum atomic E-state index is 12.2. The first-order chi connectivity index (χ1) is 7.20. The molecule has 0 amide bonds. The highest BCUT2D eigenvalue weighted by Gasteiger charge is 2.33. The quantitative estimate of drug-likeness (QED) is 0.811. The van der Waals surface area contributed by atoms with Crippen molar-refractivity contribution in [2.24, 2.45) is 0 Å². The van der Waals surface area contributed by atoms with Crippen LogP contribution in [0.4, 0.5) is 27.6 Å². The molecule has 0 saturated carbocycles. The molecule has 0 fully saturated rings. The molecule has 1 heterocycles. The van der Waals surface area contributed by atoms with Crippen LogP contribution in [0.2, 0.25) is 0 Å². The second-order valence-corrected chi connectivity index (χ2v) is 2.90. The largest absolute Gasteiger partial charge is 0.573 e. The number of ether oxygens (including phenoxy) is 1. The number of nitrogen functional groups attached to an aromatic ring is 1. The summed E-state index contributed by atoms with van der Waals surface area (Å²) in [5.74, 6) is -0.753. The molecular weight excluding hydrogens is 235 g/mol. The summed E-state index contributed by atoms with van der Waals surface area (Å²) in [4.78, 5) is 3.26. The lowest BCUT2D eigenvalue weighted by molar-refractivity contribution is -0.274. The first-order valence-corrected chi connectivity index (χ1v) is 4.01. The van der Waals surface area contributed by atoms with Crippen molar-refractivity contribution in [2.75, 3.05) is 5.73 Å². The van der Waals surface area contributed by atoms with Crippen LogP contribution in [0.3, 0.4) is 0 Å². The van der Waals surface area contributed by atoms with Gasteiger partial charge in [0.25, 0.3) is 6.43 Å². The van der Waals surface area contributed by atoms with Crippen molar-refractivity contribution in [2.45, 2.75) is 19.7 Å². The molecule has 2 N–H and O–H groups in total. The van der Waals surface area contributed by atoms with Gasteiger partial charge in [-0.05, 0) is 13.0 Å². The van der Waals surface area contributed by atoms with Gasteiger partial charge in [0.15, 0.2) is 5.75 Å². The molecule has 0 aliphatic rings. The first-order valence-electron chi connectivity index (χ1n) is 4.01. The van der Waals surface area contributed by atoms with Crippen LogP contribution in [0.25, 0.3) is 0 Å². The Hall–Kier alpha value is -1.60. The minimum Gasteiger partial charge on any atom is -0.402 e. The van der Waals surface area contributed by atoms with E-state index in [1.807, 2.05) is 0 Å². The van der Waals surface area contributed by atoms with Gasteiger partial charge in [-0.1, -0.05) is 0 Å². The summed E-state index contributed by atoms with van der Waals surface area (Å²) in [7, 11) is 0. The Kier molecular flexibility index (Phi) is 3.20. The highest BCUT2D eigenvalue weighted by molar-refractivity contribution is 5.55. The van der Waals surface area contributed by atoms with Gasteiger partial charge in [-0.3, -0.25) is 0 Å². The van der Waals surface area contributed by atoms with Gasteiger partial charge < -0.3 is 10.5 Å². The molecule has 8 heteroatoms. The highest BCUT2D eigenvalue weighted by Crippen LogP contribution is 2.33. The third kappa shape index (κ3) is 2.94. The number of aromatic nitrogens is 1. The molecule has 0 unspecified atom stereocenters. The van der Waals surface area contributed by atoms with E-state index in [1.165, 1.54) is 0 Å². The van der Waals surface area contributed by atoms with Crippen LogP contribution in [0.1, 0.15) is 17.8 Å². The van der Waals surface area contributed by atoms with E-state index in [9.17, 15) is 22.0 Å². The number of rotatable bonds is 2. The third-order valence-electron chi connectivity index (χ3n) is 1.63. The van der Waals surface area contributed by atoms with E-state index >= 15 is 0 Å². The Labute approximate surface area is 87.0 Å². The zero-order valence-corrected chi connectivity index (χ0v) is 7.98. The van der Waals surface area contributed by atoms with E-state index in [2.05, 4.69) is 9.72 Å². The van der Waals surface area contributed by atoms with Crippen LogP contribution in [0.5, 0.6) is 5.75 Å². The number of pyridine rings is 1. The lowest BCUT2D eigenvalue weighted by Gasteiger charge is -2.14. The predicted octanol–water partition coefficient (Wildman–Crippen LogP) is 2.81. The Bertz CT molecular complexity index is 368. The molecule has 0 aromatic carbocycles. The molecular formula is C8H7F5N2O. The monoisotopic (exact) mass is 242 g/mol. The summed E-state index contributed by atoms with van der Waals surface area (Å²) in [6, 6.07) is 0.652. The van der Waals surface area contributed by atoms with Crippen molar-refractivity contribution in [3.8, 4) is 5.75 Å². The zero-order chi connectivity index (χ0) is 12.5. The summed E-state index contributed by atoms with van der Waals surface area (Å²) in [6.45, 7) is 1.10. The number of halogens is 5. The van der Waals surface area contributed by atoms with Gasteiger partial charge >= 0.3 is 6.36 Å². The molecule has 0 aliphatic carbocycles. The Morgan fingerprint density at radius 3 is 2.31 bits per heavy atom. The van der Waals surface area contributed by atoms with E-state index in [0.717, 1.165) is 6.92 Å². The van der Waals surface area contributed by atoms with Gasteiger partial charge in [-0.2, -0.15) is 0 Å². The lowest BCUT2D eigenvalue weighted by atomic mass is 10.2. The van der Waals surface area contributed by atoms with Gasteiger partial charge in [0, 0.05) is 0 Å². The maximum Gasteiger partial charge on any atom is 0.573 e. The summed E-state index contributed by atoms with van der Waals surface area (Å²) >= 11 is 0. The molecule has 1 rings (SSSR count). The van der Waals surface area contributed by atoms with Crippen molar-refractivity contribution in [1.29, 1.82) is 0 Å². The molecule has 1 aromatic heterocycles. The van der Waals surface area contributed by atoms with Crippen LogP contribution in [0, 0.1) is 6.92 Å². The van der Waals surface area contributed by atoms with E-state index in [-0.39, 0.29) is 5.69 Å². The van der Waals surface area contributed by atoms with E-state index in [4.69, 9.17) is 5.73 Å². The molecule has 90 valence electrons. The fourth-order valence-electron chi connectivity index (χ4n) is 1.07. The molecule has 3 nitrogen and oxygen atoms in total. The number of hydrogen-bond donors (Lipinski definition) is 1. The smallest absolute Gasteiger partial charge is 0.402 e. The Morgan fingerprint density at radius 1 is 1.38 bits per heavy atom. The molecule has 0 saturated heterocycles. The summed E-state index contributed by atoms with van der Waals surface area (Å²) in [5, 5.41) is 0. The topological polar surface area (TPSA) is 48.1 Å². The number of aryl methyl sites for hydroxylation is 1. The minimum atomic E-state index is -4.94. The SMILES string of the molecule is Cc1nc(C(F)F)cc(N)c1OC(F)(F)F. The van der Waals surface area contributed by atoms with Crippen LogP contribution < -0.4 is 10.5 Å². The number of alkyl halides is 5. The van der Waals surface area contributed by atoms with Crippen molar-refractivity contribution in [1.82, 2.24) is 4.98 Å². The molecule has 16 heavy (non-hydrogen) atoms. The van der Waals surface area contributed by atoms with Crippen LogP contribution in [-0.4, -0.2) is 11.3 Å². The van der Waals surface area contributed by atoms with Gasteiger partial charge in [0.2, 0.25) is 0 Å². The summed E-state index contributed by atoms with van der Waals surface area (Å²) < 4.78 is 63.7. The summed E-state index contributed by atoms with van der Waals surface area (Å²) in [5.41, 5.74) is 3.61. The molecule has 0 radical (unpaired) electrons. The Morgan fingerprint density at radius 2 is 1.94 bits per heavy atom. The van der Waals surface area contributed by atoms with Gasteiger partial charge in [0.1, 0.15) is 5.69 Å². The highest BCUT2D eigenvalue weighted by atomic mass is 19.4. The fraction of sp³-hybridized carbons (Fsp3) is 0.375. The predicted molar refractivity (Wildman–Crippen MR) is 45.0 cm³/mol. The van der Waals surface area contributed by atoms with Crippen molar-refractivity contribution in [3.63, 3.8) is 0 Å². The van der Waals surface area contributed by atoms with Gasteiger partial charge in [-0.15, -0.1) is 13.2 Å². The second-order valence-electron chi connectivity index (χ2n) is 2.90. The first kappa shape index (κ1) is 12.5. The van der Waals surface area contributed by atoms with E-state index in [1.54, 1.807) is 0 Å². The second kappa shape index (κ2) is 4.11. The van der Waals surface area contributed by atoms with Gasteiger partial charge in [-0.25, -0.2) is 13.8 Å². The zero-order valence-electron chi connectivity index (χ0n) is 7.98. The number of anilines is 1. The molecule has 0 bridgehead atoms. The number of hydrogen-bond acceptors (Lipinski definition) is 3. The molecule has 0 aliphatic heterocycles. The van der Waals surface area contributed by atoms with Crippen molar-refractivity contribution >= 4 is 5.69 Å². The molecule has 0 atom stereocenters. The number of nitrogens with two attached hydrogens (primary N) is 1. The standard InChI is InChI=1S/C8H7F5N2O/c1-3-6(16-8(11,12)13)4(14)2-5(15-3)7(9)10/h2,7H,1H3,(H2,14,15). The summed E-state index contributed by atoms with van der Waals surface area (Å²) in [6.07, 6.45) is -7.84. The average molecular weight is 242 g/mol. The van der Waals surface area contributed by atoms with Crippen LogP contribution >= 0.6 is 0 Å². The fourth-order valence-corrected chi connectivity index (χ4v) is 1.07. The van der Waals surface area contributed by atoms with E-state index < -0.39 is 29.9 Å². The normalized spacial score (nSPS) is 11.9. The van der Waals surface area contributed by atoms with Gasteiger partial charge in [0.05, 0.1) is 11.4 Å². The third-order valence-corrected chi connectivity index (χ3v) is 1.63. The minimum absolute atomic E-state index is 0.340. The molecule has 0 spiro atoms. The van der Waals surface area contributed by atoms with Crippen molar-refractivity contribution < 1.29 is 26.7 Å². The van der Waals surface area contributed by atoms with Crippen molar-refractivity contribution in [3.05, 3.63) is 17.5 Å². The number of nitrogens with zero attached hydrogens (tertiary/aromatic N) is 1. The maximum absolute atomic E-state index is 12.2. The van der Waals surface area contributed by atoms with Crippen LogP contribution in [0.15, 0.2) is 6.07 Å². The Balaban J connectivity index is 3.13. The van der Waals surface area contributed by atoms with Crippen LogP contribution in [-0.2, 0) is 0 Å². The average Bonchev–Trinajstić information content (AvgIpc) is 2.09. The molecule has 1 aromatic rings. The van der Waals surface area contributed by atoms with E-state index in [0.29, 0.717) is 6.07 Å².